The first-order valence-corrected chi connectivity index (χ1v) is 6.83. The highest BCUT2D eigenvalue weighted by Crippen LogP contribution is 2.20. The van der Waals surface area contributed by atoms with Crippen LogP contribution in [-0.2, 0) is 11.3 Å². The lowest BCUT2D eigenvalue weighted by atomic mass is 10.1. The number of nitrogens with zero attached hydrogens (tertiary/aromatic N) is 2. The molecule has 5 heteroatoms. The molecular formula is C16H24N2O3. The van der Waals surface area contributed by atoms with Crippen LogP contribution in [-0.4, -0.2) is 62.2 Å². The lowest BCUT2D eigenvalue weighted by Crippen LogP contribution is -2.28. The Morgan fingerprint density at radius 3 is 2.57 bits per heavy atom. The highest BCUT2D eigenvalue weighted by atomic mass is 16.5. The Bertz CT molecular complexity index is 498. The Morgan fingerprint density at radius 1 is 1.29 bits per heavy atom. The van der Waals surface area contributed by atoms with E-state index in [1.54, 1.807) is 13.2 Å². The Balaban J connectivity index is 2.87. The van der Waals surface area contributed by atoms with Crippen LogP contribution in [0.3, 0.4) is 0 Å². The standard InChI is InChI=1S/C16H24N2O3/c1-17(2)9-10-18(3)12-14-11-15(21-4)7-5-13(14)6-8-16(19)20/h5-8,11H,9-10,12H2,1-4H3,(H,19,20). The van der Waals surface area contributed by atoms with Crippen molar-refractivity contribution >= 4 is 12.0 Å². The Kier molecular flexibility index (Phi) is 6.91. The first kappa shape index (κ1) is 17.2. The van der Waals surface area contributed by atoms with Crippen molar-refractivity contribution in [2.75, 3.05) is 41.3 Å². The topological polar surface area (TPSA) is 53.0 Å². The zero-order valence-electron chi connectivity index (χ0n) is 13.2. The van der Waals surface area contributed by atoms with Gasteiger partial charge in [-0.3, -0.25) is 0 Å². The van der Waals surface area contributed by atoms with Gasteiger partial charge in [0.1, 0.15) is 5.75 Å². The molecule has 0 radical (unpaired) electrons. The Morgan fingerprint density at radius 2 is 2.00 bits per heavy atom. The molecule has 0 saturated heterocycles. The lowest BCUT2D eigenvalue weighted by Gasteiger charge is -2.20. The maximum atomic E-state index is 10.7. The molecule has 1 aromatic rings. The van der Waals surface area contributed by atoms with Crippen LogP contribution in [0.5, 0.6) is 5.75 Å². The third-order valence-corrected chi connectivity index (χ3v) is 3.12. The third kappa shape index (κ3) is 6.42. The third-order valence-electron chi connectivity index (χ3n) is 3.12. The zero-order valence-corrected chi connectivity index (χ0v) is 13.2. The normalized spacial score (nSPS) is 11.5. The minimum atomic E-state index is -0.947. The summed E-state index contributed by atoms with van der Waals surface area (Å²) in [5.41, 5.74) is 1.95. The Hall–Kier alpha value is -1.85. The van der Waals surface area contributed by atoms with Crippen molar-refractivity contribution in [1.29, 1.82) is 0 Å². The van der Waals surface area contributed by atoms with Gasteiger partial charge in [0.15, 0.2) is 0 Å². The van der Waals surface area contributed by atoms with E-state index >= 15 is 0 Å². The largest absolute Gasteiger partial charge is 0.497 e. The van der Waals surface area contributed by atoms with Gasteiger partial charge in [-0.1, -0.05) is 6.07 Å². The summed E-state index contributed by atoms with van der Waals surface area (Å²) < 4.78 is 5.25. The van der Waals surface area contributed by atoms with Gasteiger partial charge in [-0.15, -0.1) is 0 Å². The fourth-order valence-corrected chi connectivity index (χ4v) is 1.91. The van der Waals surface area contributed by atoms with E-state index in [9.17, 15) is 4.79 Å². The number of benzene rings is 1. The molecule has 116 valence electrons. The average Bonchev–Trinajstić information content (AvgIpc) is 2.43. The number of hydrogen-bond acceptors (Lipinski definition) is 4. The van der Waals surface area contributed by atoms with Crippen molar-refractivity contribution in [3.63, 3.8) is 0 Å². The monoisotopic (exact) mass is 292 g/mol. The molecule has 0 spiro atoms. The molecule has 21 heavy (non-hydrogen) atoms. The summed E-state index contributed by atoms with van der Waals surface area (Å²) in [6.45, 7) is 2.65. The fraction of sp³-hybridized carbons (Fsp3) is 0.438. The number of carboxylic acid groups (broad SMARTS) is 1. The molecule has 1 N–H and O–H groups in total. The predicted octanol–water partition coefficient (Wildman–Crippen LogP) is 1.79. The first-order chi connectivity index (χ1) is 9.92. The molecule has 0 aliphatic carbocycles. The predicted molar refractivity (Wildman–Crippen MR) is 84.6 cm³/mol. The van der Waals surface area contributed by atoms with Gasteiger partial charge in [-0.25, -0.2) is 4.79 Å². The molecule has 1 rings (SSSR count). The van der Waals surface area contributed by atoms with Crippen molar-refractivity contribution in [2.45, 2.75) is 6.54 Å². The molecule has 0 atom stereocenters. The molecule has 0 amide bonds. The van der Waals surface area contributed by atoms with E-state index in [1.807, 2.05) is 39.3 Å². The number of ether oxygens (including phenoxy) is 1. The summed E-state index contributed by atoms with van der Waals surface area (Å²) in [6, 6.07) is 5.67. The van der Waals surface area contributed by atoms with Crippen molar-refractivity contribution in [3.05, 3.63) is 35.4 Å². The SMILES string of the molecule is COc1ccc(C=CC(=O)O)c(CN(C)CCN(C)C)c1. The van der Waals surface area contributed by atoms with E-state index in [0.717, 1.165) is 42.6 Å². The molecule has 0 fully saturated rings. The van der Waals surface area contributed by atoms with Crippen LogP contribution < -0.4 is 4.74 Å². The maximum absolute atomic E-state index is 10.7. The molecule has 0 unspecified atom stereocenters. The van der Waals surface area contributed by atoms with Crippen LogP contribution >= 0.6 is 0 Å². The van der Waals surface area contributed by atoms with E-state index in [1.165, 1.54) is 0 Å². The summed E-state index contributed by atoms with van der Waals surface area (Å²) >= 11 is 0. The van der Waals surface area contributed by atoms with E-state index in [-0.39, 0.29) is 0 Å². The number of carbonyl (C=O) groups is 1. The van der Waals surface area contributed by atoms with Crippen LogP contribution in [0.1, 0.15) is 11.1 Å². The molecule has 0 aromatic heterocycles. The molecule has 0 heterocycles. The summed E-state index contributed by atoms with van der Waals surface area (Å²) in [5, 5.41) is 8.77. The minimum Gasteiger partial charge on any atom is -0.497 e. The Labute approximate surface area is 126 Å². The number of carboxylic acids is 1. The highest BCUT2D eigenvalue weighted by molar-refractivity contribution is 5.85. The van der Waals surface area contributed by atoms with Gasteiger partial charge in [0, 0.05) is 25.7 Å². The van der Waals surface area contributed by atoms with E-state index < -0.39 is 5.97 Å². The summed E-state index contributed by atoms with van der Waals surface area (Å²) in [6.07, 6.45) is 2.78. The maximum Gasteiger partial charge on any atom is 0.328 e. The number of rotatable bonds is 8. The number of likely N-dealkylation sites (N-methyl/N-ethyl adjacent to an activating group) is 2. The van der Waals surface area contributed by atoms with Crippen LogP contribution in [0.25, 0.3) is 6.08 Å². The smallest absolute Gasteiger partial charge is 0.328 e. The number of methoxy groups -OCH3 is 1. The van der Waals surface area contributed by atoms with Gasteiger partial charge in [0.05, 0.1) is 7.11 Å². The lowest BCUT2D eigenvalue weighted by molar-refractivity contribution is -0.131. The molecule has 0 saturated carbocycles. The molecule has 1 aromatic carbocycles. The first-order valence-electron chi connectivity index (χ1n) is 6.83. The fourth-order valence-electron chi connectivity index (χ4n) is 1.91. The minimum absolute atomic E-state index is 0.740. The van der Waals surface area contributed by atoms with Gasteiger partial charge in [-0.05, 0) is 50.5 Å². The highest BCUT2D eigenvalue weighted by Gasteiger charge is 2.07. The van der Waals surface area contributed by atoms with Crippen molar-refractivity contribution in [3.8, 4) is 5.75 Å². The van der Waals surface area contributed by atoms with Gasteiger partial charge in [0.2, 0.25) is 0 Å². The number of hydrogen-bond donors (Lipinski definition) is 1. The molecule has 0 aliphatic heterocycles. The summed E-state index contributed by atoms with van der Waals surface area (Å²) in [4.78, 5) is 15.0. The zero-order chi connectivity index (χ0) is 15.8. The number of aliphatic carboxylic acids is 1. The van der Waals surface area contributed by atoms with Crippen LogP contribution in [0.15, 0.2) is 24.3 Å². The van der Waals surface area contributed by atoms with Gasteiger partial charge < -0.3 is 19.6 Å². The molecule has 0 bridgehead atoms. The van der Waals surface area contributed by atoms with E-state index in [4.69, 9.17) is 9.84 Å². The van der Waals surface area contributed by atoms with E-state index in [2.05, 4.69) is 9.80 Å². The van der Waals surface area contributed by atoms with Gasteiger partial charge in [0.25, 0.3) is 0 Å². The quantitative estimate of drug-likeness (QED) is 0.740. The van der Waals surface area contributed by atoms with Crippen LogP contribution in [0.2, 0.25) is 0 Å². The average molecular weight is 292 g/mol. The molecule has 5 nitrogen and oxygen atoms in total. The molecule has 0 aliphatic rings. The second-order valence-corrected chi connectivity index (χ2v) is 5.28. The van der Waals surface area contributed by atoms with Crippen molar-refractivity contribution in [1.82, 2.24) is 9.80 Å². The van der Waals surface area contributed by atoms with Gasteiger partial charge >= 0.3 is 5.97 Å². The van der Waals surface area contributed by atoms with Gasteiger partial charge in [-0.2, -0.15) is 0 Å². The summed E-state index contributed by atoms with van der Waals surface area (Å²) in [7, 11) is 7.76. The molecular weight excluding hydrogens is 268 g/mol. The van der Waals surface area contributed by atoms with Crippen molar-refractivity contribution < 1.29 is 14.6 Å². The van der Waals surface area contributed by atoms with Crippen molar-refractivity contribution in [2.24, 2.45) is 0 Å². The van der Waals surface area contributed by atoms with Crippen LogP contribution in [0, 0.1) is 0 Å². The second kappa shape index (κ2) is 8.44. The van der Waals surface area contributed by atoms with E-state index in [0.29, 0.717) is 0 Å². The second-order valence-electron chi connectivity index (χ2n) is 5.28. The van der Waals surface area contributed by atoms with Crippen LogP contribution in [0.4, 0.5) is 0 Å². The summed E-state index contributed by atoms with van der Waals surface area (Å²) in [5.74, 6) is -0.170.